The molecule has 0 N–H and O–H groups in total. The van der Waals surface area contributed by atoms with Gasteiger partial charge in [0.1, 0.15) is 0 Å². The van der Waals surface area contributed by atoms with Crippen molar-refractivity contribution in [1.29, 1.82) is 5.26 Å². The molecule has 1 aromatic carbocycles. The zero-order chi connectivity index (χ0) is 12.3. The molecule has 2 aromatic rings. The minimum atomic E-state index is 0.629. The summed E-state index contributed by atoms with van der Waals surface area (Å²) in [6.45, 7) is 0. The largest absolute Gasteiger partial charge is 0.192 e. The van der Waals surface area contributed by atoms with Crippen LogP contribution in [-0.4, -0.2) is 0 Å². The van der Waals surface area contributed by atoms with Gasteiger partial charge in [0.25, 0.3) is 0 Å². The number of benzene rings is 1. The van der Waals surface area contributed by atoms with Crippen LogP contribution in [0.3, 0.4) is 0 Å². The normalized spacial score (nSPS) is 11.2. The van der Waals surface area contributed by atoms with Crippen LogP contribution in [-0.2, 0) is 0 Å². The summed E-state index contributed by atoms with van der Waals surface area (Å²) in [6, 6.07) is 13.6. The summed E-state index contributed by atoms with van der Waals surface area (Å²) in [5.41, 5.74) is 1.52. The van der Waals surface area contributed by atoms with Gasteiger partial charge in [-0.05, 0) is 35.9 Å². The fourth-order valence-corrected chi connectivity index (χ4v) is 2.79. The molecular formula is C13H7BrClNS. The van der Waals surface area contributed by atoms with E-state index in [4.69, 9.17) is 11.6 Å². The van der Waals surface area contributed by atoms with Gasteiger partial charge in [-0.2, -0.15) is 5.26 Å². The summed E-state index contributed by atoms with van der Waals surface area (Å²) >= 11 is 10.7. The third-order valence-electron chi connectivity index (χ3n) is 2.14. The summed E-state index contributed by atoms with van der Waals surface area (Å²) in [4.78, 5) is 0.978. The Morgan fingerprint density at radius 2 is 2.18 bits per heavy atom. The molecule has 0 radical (unpaired) electrons. The lowest BCUT2D eigenvalue weighted by atomic mass is 10.1. The van der Waals surface area contributed by atoms with E-state index in [-0.39, 0.29) is 0 Å². The SMILES string of the molecule is N#C/C(=C/c1ccc(Cl)s1)c1cccc(Br)c1. The van der Waals surface area contributed by atoms with Crippen molar-refractivity contribution in [2.24, 2.45) is 0 Å². The Balaban J connectivity index is 2.41. The standard InChI is InChI=1S/C13H7BrClNS/c14-11-3-1-2-9(6-11)10(8-16)7-12-4-5-13(15)17-12/h1-7H/b10-7-. The molecule has 1 nitrogen and oxygen atoms in total. The highest BCUT2D eigenvalue weighted by molar-refractivity contribution is 9.10. The van der Waals surface area contributed by atoms with Crippen molar-refractivity contribution in [3.8, 4) is 6.07 Å². The molecule has 84 valence electrons. The van der Waals surface area contributed by atoms with Crippen LogP contribution < -0.4 is 0 Å². The molecule has 0 saturated carbocycles. The first-order valence-electron chi connectivity index (χ1n) is 4.82. The maximum absolute atomic E-state index is 9.18. The second kappa shape index (κ2) is 5.50. The van der Waals surface area contributed by atoms with Crippen molar-refractivity contribution in [3.05, 3.63) is 55.6 Å². The minimum Gasteiger partial charge on any atom is -0.192 e. The Labute approximate surface area is 117 Å². The topological polar surface area (TPSA) is 23.8 Å². The molecule has 0 aliphatic carbocycles. The second-order valence-electron chi connectivity index (χ2n) is 3.32. The lowest BCUT2D eigenvalue weighted by Gasteiger charge is -1.99. The van der Waals surface area contributed by atoms with Gasteiger partial charge in [-0.15, -0.1) is 11.3 Å². The molecular weight excluding hydrogens is 318 g/mol. The zero-order valence-electron chi connectivity index (χ0n) is 8.65. The molecule has 1 heterocycles. The first kappa shape index (κ1) is 12.4. The van der Waals surface area contributed by atoms with Gasteiger partial charge in [0.2, 0.25) is 0 Å². The van der Waals surface area contributed by atoms with Crippen LogP contribution in [0.25, 0.3) is 11.6 Å². The predicted octanol–water partition coefficient (Wildman–Crippen LogP) is 5.23. The fourth-order valence-electron chi connectivity index (χ4n) is 1.38. The fraction of sp³-hybridized carbons (Fsp3) is 0. The third kappa shape index (κ3) is 3.19. The van der Waals surface area contributed by atoms with Crippen molar-refractivity contribution in [3.63, 3.8) is 0 Å². The van der Waals surface area contributed by atoms with E-state index >= 15 is 0 Å². The molecule has 0 amide bonds. The summed E-state index contributed by atoms with van der Waals surface area (Å²) in [5, 5.41) is 9.18. The van der Waals surface area contributed by atoms with Crippen LogP contribution >= 0.6 is 38.9 Å². The van der Waals surface area contributed by atoms with Crippen LogP contribution in [0, 0.1) is 11.3 Å². The zero-order valence-corrected chi connectivity index (χ0v) is 11.8. The summed E-state index contributed by atoms with van der Waals surface area (Å²) < 4.78 is 1.68. The quantitative estimate of drug-likeness (QED) is 0.694. The van der Waals surface area contributed by atoms with Gasteiger partial charge in [-0.25, -0.2) is 0 Å². The molecule has 0 aliphatic rings. The van der Waals surface area contributed by atoms with Crippen molar-refractivity contribution in [2.45, 2.75) is 0 Å². The number of allylic oxidation sites excluding steroid dienone is 1. The highest BCUT2D eigenvalue weighted by atomic mass is 79.9. The summed E-state index contributed by atoms with van der Waals surface area (Å²) in [7, 11) is 0. The number of rotatable bonds is 2. The number of nitrogens with zero attached hydrogens (tertiary/aromatic N) is 1. The number of thiophene rings is 1. The average molecular weight is 325 g/mol. The average Bonchev–Trinajstić information content (AvgIpc) is 2.72. The van der Waals surface area contributed by atoms with Gasteiger partial charge in [0.15, 0.2) is 0 Å². The minimum absolute atomic E-state index is 0.629. The van der Waals surface area contributed by atoms with E-state index in [0.29, 0.717) is 5.57 Å². The van der Waals surface area contributed by atoms with Crippen molar-refractivity contribution in [1.82, 2.24) is 0 Å². The second-order valence-corrected chi connectivity index (χ2v) is 5.98. The number of nitriles is 1. The van der Waals surface area contributed by atoms with E-state index in [0.717, 1.165) is 19.2 Å². The Hall–Kier alpha value is -1.08. The molecule has 1 aromatic heterocycles. The molecule has 17 heavy (non-hydrogen) atoms. The van der Waals surface area contributed by atoms with E-state index in [1.54, 1.807) is 0 Å². The lowest BCUT2D eigenvalue weighted by molar-refractivity contribution is 1.52. The van der Waals surface area contributed by atoms with E-state index < -0.39 is 0 Å². The molecule has 2 rings (SSSR count). The third-order valence-corrected chi connectivity index (χ3v) is 3.81. The first-order valence-corrected chi connectivity index (χ1v) is 6.81. The molecule has 0 spiro atoms. The molecule has 0 saturated heterocycles. The van der Waals surface area contributed by atoms with Crippen LogP contribution in [0.1, 0.15) is 10.4 Å². The van der Waals surface area contributed by atoms with E-state index in [9.17, 15) is 5.26 Å². The lowest BCUT2D eigenvalue weighted by Crippen LogP contribution is -1.80. The Morgan fingerprint density at radius 3 is 2.76 bits per heavy atom. The highest BCUT2D eigenvalue weighted by Crippen LogP contribution is 2.26. The van der Waals surface area contributed by atoms with Gasteiger partial charge in [0, 0.05) is 9.35 Å². The van der Waals surface area contributed by atoms with E-state index in [1.165, 1.54) is 11.3 Å². The Bertz CT molecular complexity index is 610. The monoisotopic (exact) mass is 323 g/mol. The predicted molar refractivity (Wildman–Crippen MR) is 77.0 cm³/mol. The van der Waals surface area contributed by atoms with Crippen molar-refractivity contribution < 1.29 is 0 Å². The van der Waals surface area contributed by atoms with Crippen LogP contribution in [0.5, 0.6) is 0 Å². The molecule has 0 atom stereocenters. The Morgan fingerprint density at radius 1 is 1.35 bits per heavy atom. The van der Waals surface area contributed by atoms with Crippen LogP contribution in [0.15, 0.2) is 40.9 Å². The molecule has 0 fully saturated rings. The van der Waals surface area contributed by atoms with Gasteiger partial charge in [-0.3, -0.25) is 0 Å². The van der Waals surface area contributed by atoms with Crippen LogP contribution in [0.2, 0.25) is 4.34 Å². The molecule has 4 heteroatoms. The molecule has 0 aliphatic heterocycles. The smallest absolute Gasteiger partial charge is 0.0998 e. The van der Waals surface area contributed by atoms with Gasteiger partial charge < -0.3 is 0 Å². The van der Waals surface area contributed by atoms with E-state index in [2.05, 4.69) is 22.0 Å². The van der Waals surface area contributed by atoms with Gasteiger partial charge in [0.05, 0.1) is 16.0 Å². The first-order chi connectivity index (χ1) is 8.19. The molecule has 0 bridgehead atoms. The maximum Gasteiger partial charge on any atom is 0.0998 e. The maximum atomic E-state index is 9.18. The van der Waals surface area contributed by atoms with Crippen molar-refractivity contribution >= 4 is 50.5 Å². The Kier molecular flexibility index (Phi) is 4.01. The number of halogens is 2. The summed E-state index contributed by atoms with van der Waals surface area (Å²) in [6.07, 6.45) is 1.85. The molecule has 0 unspecified atom stereocenters. The van der Waals surface area contributed by atoms with Crippen molar-refractivity contribution in [2.75, 3.05) is 0 Å². The van der Waals surface area contributed by atoms with Crippen LogP contribution in [0.4, 0.5) is 0 Å². The summed E-state index contributed by atoms with van der Waals surface area (Å²) in [5.74, 6) is 0. The van der Waals surface area contributed by atoms with Gasteiger partial charge in [-0.1, -0.05) is 39.7 Å². The highest BCUT2D eigenvalue weighted by Gasteiger charge is 2.03. The number of hydrogen-bond donors (Lipinski definition) is 0. The van der Waals surface area contributed by atoms with Gasteiger partial charge >= 0.3 is 0 Å². The number of hydrogen-bond acceptors (Lipinski definition) is 2. The van der Waals surface area contributed by atoms with E-state index in [1.807, 2.05) is 42.5 Å².